The molecular weight excluding hydrogens is 423 g/mol. The molecule has 2 unspecified atom stereocenters. The number of anilines is 1. The van der Waals surface area contributed by atoms with Gasteiger partial charge in [-0.2, -0.15) is 0 Å². The lowest BCUT2D eigenvalue weighted by molar-refractivity contribution is 0.00665. The molecular formula is C22H26ClFN4O3. The van der Waals surface area contributed by atoms with Gasteiger partial charge in [-0.15, -0.1) is 0 Å². The summed E-state index contributed by atoms with van der Waals surface area (Å²) in [7, 11) is 0. The van der Waals surface area contributed by atoms with Crippen molar-refractivity contribution in [2.24, 2.45) is 0 Å². The van der Waals surface area contributed by atoms with Gasteiger partial charge < -0.3 is 14.4 Å². The fourth-order valence-electron chi connectivity index (χ4n) is 4.70. The third kappa shape index (κ3) is 3.69. The number of amides is 1. The number of nitrogens with zero attached hydrogens (tertiary/aromatic N) is 4. The average Bonchev–Trinajstić information content (AvgIpc) is 2.92. The molecule has 31 heavy (non-hydrogen) atoms. The number of ether oxygens (including phenoxy) is 2. The molecule has 0 aliphatic carbocycles. The van der Waals surface area contributed by atoms with Crippen LogP contribution in [0.5, 0.6) is 0 Å². The number of pyridine rings is 2. The number of rotatable bonds is 2. The van der Waals surface area contributed by atoms with E-state index in [9.17, 15) is 9.18 Å². The minimum Gasteiger partial charge on any atom is -0.444 e. The second kappa shape index (κ2) is 7.45. The fraction of sp³-hybridized carbons (Fsp3) is 0.591. The van der Waals surface area contributed by atoms with Crippen molar-refractivity contribution in [1.82, 2.24) is 14.9 Å². The molecule has 3 aliphatic heterocycles. The van der Waals surface area contributed by atoms with Crippen LogP contribution in [0.15, 0.2) is 12.3 Å². The van der Waals surface area contributed by atoms with Crippen molar-refractivity contribution in [3.05, 3.63) is 28.9 Å². The molecule has 0 radical (unpaired) electrons. The van der Waals surface area contributed by atoms with Gasteiger partial charge >= 0.3 is 6.09 Å². The summed E-state index contributed by atoms with van der Waals surface area (Å²) in [5.74, 6) is 0.317. The molecule has 0 spiro atoms. The van der Waals surface area contributed by atoms with Crippen LogP contribution in [0.1, 0.15) is 45.2 Å². The van der Waals surface area contributed by atoms with Crippen LogP contribution in [0.2, 0.25) is 5.15 Å². The molecule has 2 bridgehead atoms. The summed E-state index contributed by atoms with van der Waals surface area (Å²) in [5.41, 5.74) is 0.268. The second-order valence-corrected chi connectivity index (χ2v) is 9.96. The van der Waals surface area contributed by atoms with Gasteiger partial charge in [0.25, 0.3) is 0 Å². The van der Waals surface area contributed by atoms with E-state index in [1.165, 1.54) is 0 Å². The van der Waals surface area contributed by atoms with E-state index in [2.05, 4.69) is 9.88 Å². The lowest BCUT2D eigenvalue weighted by atomic mass is 10.0. The van der Waals surface area contributed by atoms with Crippen molar-refractivity contribution in [3.63, 3.8) is 0 Å². The SMILES string of the molecule is CC(C)(C)OC(=O)N1C2CCC1CN(c1nc(C3COC3)cc3c(F)c(Cl)ncc13)C2. The summed E-state index contributed by atoms with van der Waals surface area (Å²) in [6, 6.07) is 1.83. The van der Waals surface area contributed by atoms with Crippen LogP contribution >= 0.6 is 11.6 Å². The molecule has 166 valence electrons. The van der Waals surface area contributed by atoms with Crippen molar-refractivity contribution in [2.75, 3.05) is 31.2 Å². The first kappa shape index (κ1) is 20.7. The Bertz CT molecular complexity index is 1030. The smallest absolute Gasteiger partial charge is 0.410 e. The van der Waals surface area contributed by atoms with Gasteiger partial charge in [0.1, 0.15) is 11.4 Å². The number of fused-ring (bicyclic) bond motifs is 3. The molecule has 7 nitrogen and oxygen atoms in total. The molecule has 0 N–H and O–H groups in total. The van der Waals surface area contributed by atoms with Crippen LogP contribution in [0.25, 0.3) is 10.8 Å². The maximum atomic E-state index is 14.9. The fourth-order valence-corrected chi connectivity index (χ4v) is 4.85. The minimum absolute atomic E-state index is 0.0336. The van der Waals surface area contributed by atoms with Crippen LogP contribution in [0.4, 0.5) is 15.0 Å². The number of halogens is 2. The van der Waals surface area contributed by atoms with Crippen LogP contribution in [0.3, 0.4) is 0 Å². The van der Waals surface area contributed by atoms with Crippen molar-refractivity contribution in [2.45, 2.75) is 57.2 Å². The number of carbonyl (C=O) groups excluding carboxylic acids is 1. The van der Waals surface area contributed by atoms with Gasteiger partial charge in [-0.1, -0.05) is 11.6 Å². The molecule has 3 saturated heterocycles. The molecule has 2 aromatic heterocycles. The van der Waals surface area contributed by atoms with Gasteiger partial charge in [-0.25, -0.2) is 19.2 Å². The third-order valence-corrected chi connectivity index (χ3v) is 6.49. The van der Waals surface area contributed by atoms with Crippen molar-refractivity contribution < 1.29 is 18.7 Å². The van der Waals surface area contributed by atoms with Gasteiger partial charge in [0.05, 0.1) is 31.0 Å². The topological polar surface area (TPSA) is 67.8 Å². The lowest BCUT2D eigenvalue weighted by Gasteiger charge is -2.42. The zero-order valence-electron chi connectivity index (χ0n) is 17.9. The summed E-state index contributed by atoms with van der Waals surface area (Å²) in [6.45, 7) is 8.02. The molecule has 0 aromatic carbocycles. The summed E-state index contributed by atoms with van der Waals surface area (Å²) in [4.78, 5) is 25.7. The highest BCUT2D eigenvalue weighted by Crippen LogP contribution is 2.38. The number of piperazine rings is 1. The Labute approximate surface area is 185 Å². The largest absolute Gasteiger partial charge is 0.444 e. The zero-order chi connectivity index (χ0) is 21.9. The standard InChI is InChI=1S/C22H26ClFN4O3/c1-22(2,3)31-21(29)28-13-4-5-14(28)9-27(8-13)20-16-7-25-19(23)18(24)15(16)6-17(26-20)12-10-30-11-12/h6-7,12-14H,4-5,8-11H2,1-3H3. The number of carbonyl (C=O) groups is 1. The van der Waals surface area contributed by atoms with E-state index >= 15 is 0 Å². The van der Waals surface area contributed by atoms with Crippen molar-refractivity contribution >= 4 is 34.3 Å². The molecule has 2 atom stereocenters. The van der Waals surface area contributed by atoms with E-state index in [4.69, 9.17) is 26.1 Å². The predicted octanol–water partition coefficient (Wildman–Crippen LogP) is 4.12. The van der Waals surface area contributed by atoms with Crippen molar-refractivity contribution in [1.29, 1.82) is 0 Å². The minimum atomic E-state index is -0.535. The normalized spacial score (nSPS) is 23.9. The van der Waals surface area contributed by atoms with E-state index in [0.29, 0.717) is 42.9 Å². The number of aromatic nitrogens is 2. The van der Waals surface area contributed by atoms with Gasteiger partial charge in [-0.05, 0) is 39.7 Å². The van der Waals surface area contributed by atoms with Crippen LogP contribution in [-0.4, -0.2) is 64.9 Å². The highest BCUT2D eigenvalue weighted by atomic mass is 35.5. The van der Waals surface area contributed by atoms with E-state index < -0.39 is 11.4 Å². The van der Waals surface area contributed by atoms with Crippen LogP contribution in [-0.2, 0) is 9.47 Å². The van der Waals surface area contributed by atoms with Gasteiger partial charge in [0, 0.05) is 36.0 Å². The highest BCUT2D eigenvalue weighted by molar-refractivity contribution is 6.30. The molecule has 3 aliphatic rings. The Kier molecular flexibility index (Phi) is 4.97. The van der Waals surface area contributed by atoms with E-state index in [0.717, 1.165) is 18.5 Å². The molecule has 1 amide bonds. The molecule has 5 rings (SSSR count). The first-order valence-corrected chi connectivity index (χ1v) is 11.1. The molecule has 5 heterocycles. The average molecular weight is 449 g/mol. The summed E-state index contributed by atoms with van der Waals surface area (Å²) >= 11 is 5.97. The summed E-state index contributed by atoms with van der Waals surface area (Å²) in [6.07, 6.45) is 3.14. The van der Waals surface area contributed by atoms with Gasteiger partial charge in [-0.3, -0.25) is 4.90 Å². The maximum absolute atomic E-state index is 14.9. The van der Waals surface area contributed by atoms with Gasteiger partial charge in [0.15, 0.2) is 11.0 Å². The number of hydrogen-bond acceptors (Lipinski definition) is 6. The Morgan fingerprint density at radius 2 is 1.90 bits per heavy atom. The molecule has 2 aromatic rings. The Morgan fingerprint density at radius 3 is 2.48 bits per heavy atom. The quantitative estimate of drug-likeness (QED) is 0.644. The Balaban J connectivity index is 1.49. The third-order valence-electron chi connectivity index (χ3n) is 6.23. The molecule has 9 heteroatoms. The van der Waals surface area contributed by atoms with E-state index in [1.807, 2.05) is 25.7 Å². The predicted molar refractivity (Wildman–Crippen MR) is 115 cm³/mol. The summed E-state index contributed by atoms with van der Waals surface area (Å²) in [5, 5.41) is 0.917. The van der Waals surface area contributed by atoms with Crippen LogP contribution in [0, 0.1) is 5.82 Å². The highest BCUT2D eigenvalue weighted by Gasteiger charge is 2.45. The van der Waals surface area contributed by atoms with E-state index in [1.54, 1.807) is 12.3 Å². The summed E-state index contributed by atoms with van der Waals surface area (Å²) < 4.78 is 25.8. The van der Waals surface area contributed by atoms with Crippen LogP contribution < -0.4 is 4.90 Å². The Morgan fingerprint density at radius 1 is 1.23 bits per heavy atom. The number of hydrogen-bond donors (Lipinski definition) is 0. The maximum Gasteiger partial charge on any atom is 0.410 e. The second-order valence-electron chi connectivity index (χ2n) is 9.61. The first-order valence-electron chi connectivity index (χ1n) is 10.7. The van der Waals surface area contributed by atoms with Crippen molar-refractivity contribution in [3.8, 4) is 0 Å². The van der Waals surface area contributed by atoms with E-state index in [-0.39, 0.29) is 29.2 Å². The lowest BCUT2D eigenvalue weighted by Crippen LogP contribution is -2.57. The first-order chi connectivity index (χ1) is 14.7. The Hall–Kier alpha value is -2.19. The van der Waals surface area contributed by atoms with Gasteiger partial charge in [0.2, 0.25) is 0 Å². The zero-order valence-corrected chi connectivity index (χ0v) is 18.7. The molecule has 3 fully saturated rings. The monoisotopic (exact) mass is 448 g/mol. The molecule has 0 saturated carbocycles.